The summed E-state index contributed by atoms with van der Waals surface area (Å²) in [6.45, 7) is 2.05. The molecule has 0 radical (unpaired) electrons. The highest BCUT2D eigenvalue weighted by Crippen LogP contribution is 2.18. The maximum atomic E-state index is 10.9. The second-order valence-electron chi connectivity index (χ2n) is 2.50. The molecule has 0 saturated carbocycles. The summed E-state index contributed by atoms with van der Waals surface area (Å²) >= 11 is 1.62. The Morgan fingerprint density at radius 2 is 2.42 bits per heavy atom. The van der Waals surface area contributed by atoms with Gasteiger partial charge in [-0.3, -0.25) is 4.79 Å². The molecule has 4 heteroatoms. The van der Waals surface area contributed by atoms with Crippen molar-refractivity contribution in [2.45, 2.75) is 13.3 Å². The van der Waals surface area contributed by atoms with E-state index in [2.05, 4.69) is 16.9 Å². The van der Waals surface area contributed by atoms with Crippen LogP contribution < -0.4 is 5.56 Å². The van der Waals surface area contributed by atoms with Gasteiger partial charge in [0.25, 0.3) is 0 Å². The maximum absolute atomic E-state index is 10.9. The fourth-order valence-corrected chi connectivity index (χ4v) is 1.91. The van der Waals surface area contributed by atoms with Crippen LogP contribution in [0.4, 0.5) is 0 Å². The van der Waals surface area contributed by atoms with E-state index in [0.717, 1.165) is 16.1 Å². The number of fused-ring (bicyclic) bond motifs is 1. The minimum absolute atomic E-state index is 0.0875. The zero-order chi connectivity index (χ0) is 8.55. The third-order valence-electron chi connectivity index (χ3n) is 1.63. The zero-order valence-electron chi connectivity index (χ0n) is 6.63. The largest absolute Gasteiger partial charge is 0.306 e. The van der Waals surface area contributed by atoms with Gasteiger partial charge in [0.1, 0.15) is 0 Å². The number of thiazole rings is 1. The number of aromatic amines is 1. The molecule has 0 aliphatic carbocycles. The highest BCUT2D eigenvalue weighted by Gasteiger charge is 2.01. The van der Waals surface area contributed by atoms with E-state index >= 15 is 0 Å². The van der Waals surface area contributed by atoms with Crippen LogP contribution in [0.5, 0.6) is 0 Å². The molecule has 2 aromatic rings. The molecule has 62 valence electrons. The molecule has 0 atom stereocenters. The van der Waals surface area contributed by atoms with Gasteiger partial charge in [-0.25, -0.2) is 4.98 Å². The number of H-pyrrole nitrogens is 1. The van der Waals surface area contributed by atoms with Crippen LogP contribution in [-0.4, -0.2) is 9.97 Å². The molecule has 0 fully saturated rings. The van der Waals surface area contributed by atoms with E-state index in [4.69, 9.17) is 0 Å². The molecule has 0 unspecified atom stereocenters. The number of aromatic nitrogens is 2. The third kappa shape index (κ3) is 1.14. The van der Waals surface area contributed by atoms with E-state index in [9.17, 15) is 4.79 Å². The standard InChI is InChI=1S/C8H8N2OS/c1-2-7-10-8-5(12-7)3-4-6(11)9-8/h3-4H,2H2,1H3,(H,9,11). The number of nitrogens with zero attached hydrogens (tertiary/aromatic N) is 1. The number of hydrogen-bond donors (Lipinski definition) is 1. The number of aryl methyl sites for hydroxylation is 1. The lowest BCUT2D eigenvalue weighted by Crippen LogP contribution is -2.01. The first-order valence-electron chi connectivity index (χ1n) is 3.78. The summed E-state index contributed by atoms with van der Waals surface area (Å²) in [5.41, 5.74) is 0.625. The van der Waals surface area contributed by atoms with Crippen molar-refractivity contribution in [3.8, 4) is 0 Å². The predicted molar refractivity (Wildman–Crippen MR) is 49.6 cm³/mol. The summed E-state index contributed by atoms with van der Waals surface area (Å²) in [4.78, 5) is 17.8. The average Bonchev–Trinajstić information content (AvgIpc) is 2.46. The first kappa shape index (κ1) is 7.49. The van der Waals surface area contributed by atoms with E-state index < -0.39 is 0 Å². The highest BCUT2D eigenvalue weighted by atomic mass is 32.1. The van der Waals surface area contributed by atoms with Crippen LogP contribution in [0.25, 0.3) is 10.3 Å². The second-order valence-corrected chi connectivity index (χ2v) is 3.61. The molecule has 1 N–H and O–H groups in total. The summed E-state index contributed by atoms with van der Waals surface area (Å²) in [5, 5.41) is 1.06. The Morgan fingerprint density at radius 1 is 1.58 bits per heavy atom. The molecule has 2 aromatic heterocycles. The van der Waals surface area contributed by atoms with Gasteiger partial charge in [-0.1, -0.05) is 6.92 Å². The highest BCUT2D eigenvalue weighted by molar-refractivity contribution is 7.18. The summed E-state index contributed by atoms with van der Waals surface area (Å²) in [6, 6.07) is 3.34. The smallest absolute Gasteiger partial charge is 0.249 e. The molecule has 12 heavy (non-hydrogen) atoms. The van der Waals surface area contributed by atoms with E-state index in [-0.39, 0.29) is 5.56 Å². The lowest BCUT2D eigenvalue weighted by molar-refractivity contribution is 1.09. The Labute approximate surface area is 73.1 Å². The Morgan fingerprint density at radius 3 is 3.17 bits per heavy atom. The van der Waals surface area contributed by atoms with Gasteiger partial charge in [0.05, 0.1) is 9.71 Å². The van der Waals surface area contributed by atoms with Crippen LogP contribution in [0.2, 0.25) is 0 Å². The van der Waals surface area contributed by atoms with Gasteiger partial charge in [0.15, 0.2) is 5.65 Å². The first-order chi connectivity index (χ1) is 5.79. The van der Waals surface area contributed by atoms with Crippen molar-refractivity contribution in [3.63, 3.8) is 0 Å². The molecule has 0 bridgehead atoms. The Balaban J connectivity index is 2.75. The van der Waals surface area contributed by atoms with Crippen molar-refractivity contribution >= 4 is 21.7 Å². The van der Waals surface area contributed by atoms with Gasteiger partial charge >= 0.3 is 0 Å². The Hall–Kier alpha value is -1.16. The van der Waals surface area contributed by atoms with Crippen LogP contribution in [-0.2, 0) is 6.42 Å². The minimum Gasteiger partial charge on any atom is -0.306 e. The first-order valence-corrected chi connectivity index (χ1v) is 4.60. The second kappa shape index (κ2) is 2.71. The van der Waals surface area contributed by atoms with Crippen LogP contribution in [0.1, 0.15) is 11.9 Å². The van der Waals surface area contributed by atoms with Crippen molar-refractivity contribution in [1.29, 1.82) is 0 Å². The summed E-state index contributed by atoms with van der Waals surface area (Å²) in [7, 11) is 0. The van der Waals surface area contributed by atoms with E-state index in [1.165, 1.54) is 6.07 Å². The summed E-state index contributed by atoms with van der Waals surface area (Å²) < 4.78 is 1.05. The Kier molecular flexibility index (Phi) is 1.69. The van der Waals surface area contributed by atoms with Gasteiger partial charge in [-0.15, -0.1) is 11.3 Å². The SMILES string of the molecule is CCc1nc2[nH]c(=O)ccc2s1. The third-order valence-corrected chi connectivity index (χ3v) is 2.79. The maximum Gasteiger partial charge on any atom is 0.249 e. The van der Waals surface area contributed by atoms with Gasteiger partial charge in [-0.2, -0.15) is 0 Å². The summed E-state index contributed by atoms with van der Waals surface area (Å²) in [6.07, 6.45) is 0.918. The van der Waals surface area contributed by atoms with Crippen LogP contribution in [0, 0.1) is 0 Å². The molecule has 0 spiro atoms. The minimum atomic E-state index is -0.0875. The van der Waals surface area contributed by atoms with Crippen molar-refractivity contribution in [2.75, 3.05) is 0 Å². The summed E-state index contributed by atoms with van der Waals surface area (Å²) in [5.74, 6) is 0. The quantitative estimate of drug-likeness (QED) is 0.723. The predicted octanol–water partition coefficient (Wildman–Crippen LogP) is 1.55. The molecule has 0 amide bonds. The van der Waals surface area contributed by atoms with E-state index in [0.29, 0.717) is 5.65 Å². The van der Waals surface area contributed by atoms with Crippen LogP contribution in [0.3, 0.4) is 0 Å². The zero-order valence-corrected chi connectivity index (χ0v) is 7.44. The number of pyridine rings is 1. The topological polar surface area (TPSA) is 45.8 Å². The molecular weight excluding hydrogens is 172 g/mol. The van der Waals surface area contributed by atoms with Gasteiger partial charge in [0.2, 0.25) is 5.56 Å². The van der Waals surface area contributed by atoms with E-state index in [1.807, 2.05) is 6.07 Å². The van der Waals surface area contributed by atoms with Crippen LogP contribution in [0.15, 0.2) is 16.9 Å². The molecule has 3 nitrogen and oxygen atoms in total. The molecule has 0 aromatic carbocycles. The van der Waals surface area contributed by atoms with Crippen molar-refractivity contribution in [3.05, 3.63) is 27.5 Å². The van der Waals surface area contributed by atoms with Gasteiger partial charge in [0, 0.05) is 6.07 Å². The Bertz CT molecular complexity index is 457. The van der Waals surface area contributed by atoms with Gasteiger partial charge in [-0.05, 0) is 12.5 Å². The molecule has 0 aliphatic heterocycles. The normalized spacial score (nSPS) is 10.8. The number of hydrogen-bond acceptors (Lipinski definition) is 3. The molecule has 2 heterocycles. The molecule has 0 saturated heterocycles. The van der Waals surface area contributed by atoms with Crippen LogP contribution >= 0.6 is 11.3 Å². The number of nitrogens with one attached hydrogen (secondary N) is 1. The van der Waals surface area contributed by atoms with Gasteiger partial charge < -0.3 is 4.98 Å². The lowest BCUT2D eigenvalue weighted by Gasteiger charge is -1.82. The van der Waals surface area contributed by atoms with Crippen molar-refractivity contribution in [2.24, 2.45) is 0 Å². The molecule has 2 rings (SSSR count). The average molecular weight is 180 g/mol. The molecular formula is C8H8N2OS. The molecule has 0 aliphatic rings. The fraction of sp³-hybridized carbons (Fsp3) is 0.250. The van der Waals surface area contributed by atoms with Crippen molar-refractivity contribution in [1.82, 2.24) is 9.97 Å². The number of rotatable bonds is 1. The van der Waals surface area contributed by atoms with E-state index in [1.54, 1.807) is 11.3 Å². The fourth-order valence-electron chi connectivity index (χ4n) is 1.04. The lowest BCUT2D eigenvalue weighted by atomic mass is 10.5. The van der Waals surface area contributed by atoms with Crippen molar-refractivity contribution < 1.29 is 0 Å². The monoisotopic (exact) mass is 180 g/mol.